The predicted molar refractivity (Wildman–Crippen MR) is 111 cm³/mol. The number of unbranched alkanes of at least 4 members (excludes halogenated alkanes) is 2. The summed E-state index contributed by atoms with van der Waals surface area (Å²) in [6, 6.07) is 4.35. The second kappa shape index (κ2) is 11.0. The minimum Gasteiger partial charge on any atom is -0.444 e. The molecule has 160 valence electrons. The van der Waals surface area contributed by atoms with Gasteiger partial charge in [-0.15, -0.1) is 0 Å². The highest BCUT2D eigenvalue weighted by atomic mass is 16.6. The van der Waals surface area contributed by atoms with E-state index < -0.39 is 16.6 Å². The van der Waals surface area contributed by atoms with Crippen molar-refractivity contribution in [2.24, 2.45) is 0 Å². The molecule has 0 heterocycles. The number of benzene rings is 1. The van der Waals surface area contributed by atoms with Gasteiger partial charge in [0.05, 0.1) is 10.5 Å². The quantitative estimate of drug-likeness (QED) is 0.159. The van der Waals surface area contributed by atoms with E-state index in [0.717, 1.165) is 12.8 Å². The average Bonchev–Trinajstić information content (AvgIpc) is 2.58. The molecule has 0 atom stereocenters. The van der Waals surface area contributed by atoms with E-state index in [0.29, 0.717) is 19.5 Å². The van der Waals surface area contributed by atoms with Crippen molar-refractivity contribution in [1.29, 1.82) is 10.8 Å². The highest BCUT2D eigenvalue weighted by Gasteiger charge is 2.21. The normalized spacial score (nSPS) is 10.8. The maximum Gasteiger partial charge on any atom is 0.407 e. The molecule has 0 saturated carbocycles. The SMILES string of the molecule is CC(=N)OC(=N)c1cccc([N+](=O)[O-])c1NCCCCCNC(=O)OC(C)(C)C. The van der Waals surface area contributed by atoms with Crippen LogP contribution in [-0.4, -0.2) is 41.5 Å². The van der Waals surface area contributed by atoms with Gasteiger partial charge in [0.2, 0.25) is 5.90 Å². The zero-order valence-electron chi connectivity index (χ0n) is 17.3. The average molecular weight is 407 g/mol. The van der Waals surface area contributed by atoms with Crippen LogP contribution in [-0.2, 0) is 9.47 Å². The fourth-order valence-corrected chi connectivity index (χ4v) is 2.42. The van der Waals surface area contributed by atoms with E-state index in [-0.39, 0.29) is 28.7 Å². The molecule has 10 nitrogen and oxygen atoms in total. The highest BCUT2D eigenvalue weighted by molar-refractivity contribution is 6.04. The molecule has 1 amide bonds. The Kier molecular flexibility index (Phi) is 9.04. The van der Waals surface area contributed by atoms with Gasteiger partial charge in [-0.3, -0.25) is 20.9 Å². The molecule has 10 heteroatoms. The van der Waals surface area contributed by atoms with Crippen LogP contribution in [0.15, 0.2) is 18.2 Å². The second-order valence-corrected chi connectivity index (χ2v) is 7.36. The van der Waals surface area contributed by atoms with Crippen LogP contribution in [0, 0.1) is 20.9 Å². The number of amides is 1. The summed E-state index contributed by atoms with van der Waals surface area (Å²) in [5.41, 5.74) is -0.290. The van der Waals surface area contributed by atoms with Crippen LogP contribution in [0.25, 0.3) is 0 Å². The molecule has 0 bridgehead atoms. The third kappa shape index (κ3) is 9.04. The standard InChI is InChI=1S/C19H29N5O5/c1-13(20)28-17(21)14-9-8-10-15(24(26)27)16(14)22-11-6-5-7-12-23-18(25)29-19(2,3)4/h8-10,20-22H,5-7,11-12H2,1-4H3,(H,23,25). The summed E-state index contributed by atoms with van der Waals surface area (Å²) in [5, 5.41) is 32.3. The minimum atomic E-state index is -0.538. The van der Waals surface area contributed by atoms with Crippen molar-refractivity contribution in [1.82, 2.24) is 5.32 Å². The molecule has 29 heavy (non-hydrogen) atoms. The number of carbonyl (C=O) groups is 1. The van der Waals surface area contributed by atoms with Crippen molar-refractivity contribution in [2.45, 2.75) is 52.6 Å². The van der Waals surface area contributed by atoms with Gasteiger partial charge in [-0.25, -0.2) is 4.79 Å². The van der Waals surface area contributed by atoms with Crippen LogP contribution in [0.1, 0.15) is 52.5 Å². The summed E-state index contributed by atoms with van der Waals surface area (Å²) in [4.78, 5) is 22.3. The van der Waals surface area contributed by atoms with E-state index in [1.807, 2.05) is 0 Å². The van der Waals surface area contributed by atoms with E-state index in [1.54, 1.807) is 20.8 Å². The first-order chi connectivity index (χ1) is 13.5. The molecule has 0 radical (unpaired) electrons. The fourth-order valence-electron chi connectivity index (χ4n) is 2.42. The summed E-state index contributed by atoms with van der Waals surface area (Å²) in [6.45, 7) is 7.68. The van der Waals surface area contributed by atoms with E-state index in [1.165, 1.54) is 25.1 Å². The molecule has 0 aliphatic rings. The molecule has 0 spiro atoms. The topological polar surface area (TPSA) is 150 Å². The number of anilines is 1. The van der Waals surface area contributed by atoms with Crippen LogP contribution in [0.5, 0.6) is 0 Å². The number of nitrogens with zero attached hydrogens (tertiary/aromatic N) is 1. The van der Waals surface area contributed by atoms with Gasteiger partial charge in [-0.2, -0.15) is 0 Å². The van der Waals surface area contributed by atoms with Crippen LogP contribution in [0.4, 0.5) is 16.2 Å². The molecule has 4 N–H and O–H groups in total. The minimum absolute atomic E-state index is 0.162. The summed E-state index contributed by atoms with van der Waals surface area (Å²) < 4.78 is 10.1. The number of alkyl carbamates (subject to hydrolysis) is 1. The lowest BCUT2D eigenvalue weighted by atomic mass is 10.1. The molecule has 0 aliphatic heterocycles. The van der Waals surface area contributed by atoms with Crippen molar-refractivity contribution in [2.75, 3.05) is 18.4 Å². The molecule has 0 unspecified atom stereocenters. The highest BCUT2D eigenvalue weighted by Crippen LogP contribution is 2.29. The van der Waals surface area contributed by atoms with Crippen molar-refractivity contribution < 1.29 is 19.2 Å². The summed E-state index contributed by atoms with van der Waals surface area (Å²) in [5.74, 6) is -0.504. The summed E-state index contributed by atoms with van der Waals surface area (Å²) in [6.07, 6.45) is 1.77. The molecule has 0 aliphatic carbocycles. The van der Waals surface area contributed by atoms with Crippen molar-refractivity contribution in [3.05, 3.63) is 33.9 Å². The van der Waals surface area contributed by atoms with E-state index in [4.69, 9.17) is 20.3 Å². The first-order valence-electron chi connectivity index (χ1n) is 9.31. The molecule has 0 saturated heterocycles. The van der Waals surface area contributed by atoms with Crippen LogP contribution in [0.2, 0.25) is 0 Å². The number of ether oxygens (including phenoxy) is 2. The van der Waals surface area contributed by atoms with Gasteiger partial charge >= 0.3 is 6.09 Å². The third-order valence-electron chi connectivity index (χ3n) is 3.56. The number of carbonyl (C=O) groups excluding carboxylic acids is 1. The lowest BCUT2D eigenvalue weighted by Crippen LogP contribution is -2.33. The number of para-hydroxylation sites is 1. The number of rotatable bonds is 9. The van der Waals surface area contributed by atoms with E-state index in [9.17, 15) is 14.9 Å². The Labute approximate surface area is 170 Å². The maximum atomic E-state index is 11.6. The Bertz CT molecular complexity index is 758. The fraction of sp³-hybridized carbons (Fsp3) is 0.526. The monoisotopic (exact) mass is 407 g/mol. The predicted octanol–water partition coefficient (Wildman–Crippen LogP) is 4.04. The van der Waals surface area contributed by atoms with Gasteiger partial charge in [0, 0.05) is 26.1 Å². The number of nitro benzene ring substituents is 1. The molecule has 0 aromatic heterocycles. The number of nitrogens with one attached hydrogen (secondary N) is 4. The Balaban J connectivity index is 2.55. The van der Waals surface area contributed by atoms with Crippen LogP contribution in [0.3, 0.4) is 0 Å². The first-order valence-corrected chi connectivity index (χ1v) is 9.31. The van der Waals surface area contributed by atoms with Gasteiger partial charge in [0.25, 0.3) is 5.69 Å². The molecular formula is C19H29N5O5. The lowest BCUT2D eigenvalue weighted by molar-refractivity contribution is -0.384. The van der Waals surface area contributed by atoms with Gasteiger partial charge in [0.1, 0.15) is 11.3 Å². The van der Waals surface area contributed by atoms with Gasteiger partial charge < -0.3 is 20.1 Å². The Morgan fingerprint density at radius 1 is 1.17 bits per heavy atom. The molecule has 0 fully saturated rings. The van der Waals surface area contributed by atoms with Crippen molar-refractivity contribution in [3.63, 3.8) is 0 Å². The van der Waals surface area contributed by atoms with Gasteiger partial charge in [-0.1, -0.05) is 6.07 Å². The Hall–Kier alpha value is -3.17. The molecule has 1 aromatic rings. The number of hydrogen-bond acceptors (Lipinski definition) is 8. The maximum absolute atomic E-state index is 11.6. The number of hydrogen-bond donors (Lipinski definition) is 4. The van der Waals surface area contributed by atoms with Gasteiger partial charge in [-0.05, 0) is 46.1 Å². The first kappa shape index (κ1) is 23.9. The Morgan fingerprint density at radius 2 is 1.83 bits per heavy atom. The second-order valence-electron chi connectivity index (χ2n) is 7.36. The zero-order valence-corrected chi connectivity index (χ0v) is 17.3. The smallest absolute Gasteiger partial charge is 0.407 e. The molecule has 1 rings (SSSR count). The van der Waals surface area contributed by atoms with E-state index in [2.05, 4.69) is 10.6 Å². The Morgan fingerprint density at radius 3 is 2.41 bits per heavy atom. The number of nitro groups is 1. The van der Waals surface area contributed by atoms with Crippen LogP contribution < -0.4 is 10.6 Å². The molecule has 1 aromatic carbocycles. The largest absolute Gasteiger partial charge is 0.444 e. The van der Waals surface area contributed by atoms with Crippen LogP contribution >= 0.6 is 0 Å². The van der Waals surface area contributed by atoms with Crippen molar-refractivity contribution in [3.8, 4) is 0 Å². The third-order valence-corrected chi connectivity index (χ3v) is 3.56. The zero-order chi connectivity index (χ0) is 22.0. The lowest BCUT2D eigenvalue weighted by Gasteiger charge is -2.19. The summed E-state index contributed by atoms with van der Waals surface area (Å²) >= 11 is 0. The molecular weight excluding hydrogens is 378 g/mol. The van der Waals surface area contributed by atoms with Crippen molar-refractivity contribution >= 4 is 29.3 Å². The summed E-state index contributed by atoms with van der Waals surface area (Å²) in [7, 11) is 0. The van der Waals surface area contributed by atoms with Gasteiger partial charge in [0.15, 0.2) is 5.90 Å². The van der Waals surface area contributed by atoms with E-state index >= 15 is 0 Å².